The Balaban J connectivity index is 2.28. The second-order valence-electron chi connectivity index (χ2n) is 3.67. The third-order valence-electron chi connectivity index (χ3n) is 2.24. The molecule has 2 rings (SSSR count). The molecule has 0 radical (unpaired) electrons. The molecular formula is C12H10Cl2N4. The molecular weight excluding hydrogens is 271 g/mol. The Hall–Kier alpha value is -1.65. The fraction of sp³-hybridized carbons (Fsp3) is 0.0833. The van der Waals surface area contributed by atoms with Gasteiger partial charge in [-0.3, -0.25) is 4.99 Å². The van der Waals surface area contributed by atoms with Crippen molar-refractivity contribution < 1.29 is 0 Å². The van der Waals surface area contributed by atoms with Crippen LogP contribution in [0.1, 0.15) is 11.3 Å². The Bertz CT molecular complexity index is 594. The molecule has 0 unspecified atom stereocenters. The minimum atomic E-state index is 0.0849. The molecule has 0 atom stereocenters. The lowest BCUT2D eigenvalue weighted by Crippen LogP contribution is -2.01. The number of rotatable bonds is 2. The number of aliphatic imine (C=N–C) groups is 1. The number of nitrogens with zero attached hydrogens (tertiary/aromatic N) is 3. The van der Waals surface area contributed by atoms with Gasteiger partial charge in [-0.05, 0) is 19.1 Å². The van der Waals surface area contributed by atoms with Gasteiger partial charge in [0.2, 0.25) is 0 Å². The largest absolute Gasteiger partial charge is 0.382 e. The standard InChI is InChI=1S/C12H10Cl2N4/c1-7-2-4-8(5-3-7)16-6-9-12(15)18-11(14)10(13)17-9/h2-6H,1H3,(H2,15,18). The van der Waals surface area contributed by atoms with Crippen molar-refractivity contribution in [1.82, 2.24) is 9.97 Å². The molecule has 0 aliphatic heterocycles. The third kappa shape index (κ3) is 2.97. The van der Waals surface area contributed by atoms with E-state index in [1.54, 1.807) is 0 Å². The van der Waals surface area contributed by atoms with Crippen LogP contribution in [-0.2, 0) is 0 Å². The van der Waals surface area contributed by atoms with Crippen LogP contribution in [0.15, 0.2) is 29.3 Å². The minimum absolute atomic E-state index is 0.0849. The Morgan fingerprint density at radius 1 is 1.11 bits per heavy atom. The number of nitrogens with two attached hydrogens (primary N) is 1. The summed E-state index contributed by atoms with van der Waals surface area (Å²) >= 11 is 11.5. The zero-order valence-electron chi connectivity index (χ0n) is 9.56. The predicted molar refractivity (Wildman–Crippen MR) is 74.9 cm³/mol. The van der Waals surface area contributed by atoms with Crippen LogP contribution < -0.4 is 5.73 Å². The lowest BCUT2D eigenvalue weighted by molar-refractivity contribution is 1.19. The summed E-state index contributed by atoms with van der Waals surface area (Å²) in [5.74, 6) is 0.195. The molecule has 92 valence electrons. The van der Waals surface area contributed by atoms with E-state index in [1.165, 1.54) is 11.8 Å². The number of aryl methyl sites for hydroxylation is 1. The fourth-order valence-electron chi connectivity index (χ4n) is 1.28. The lowest BCUT2D eigenvalue weighted by Gasteiger charge is -2.00. The Kier molecular flexibility index (Phi) is 3.79. The second-order valence-corrected chi connectivity index (χ2v) is 4.39. The van der Waals surface area contributed by atoms with Crippen LogP contribution >= 0.6 is 23.2 Å². The second kappa shape index (κ2) is 5.33. The first kappa shape index (κ1) is 12.8. The summed E-state index contributed by atoms with van der Waals surface area (Å²) in [7, 11) is 0. The van der Waals surface area contributed by atoms with Gasteiger partial charge < -0.3 is 5.73 Å². The van der Waals surface area contributed by atoms with Crippen molar-refractivity contribution in [3.05, 3.63) is 45.8 Å². The average Bonchev–Trinajstić information content (AvgIpc) is 2.34. The number of anilines is 1. The van der Waals surface area contributed by atoms with Crippen LogP contribution in [0.4, 0.5) is 11.5 Å². The van der Waals surface area contributed by atoms with Gasteiger partial charge >= 0.3 is 0 Å². The number of benzene rings is 1. The van der Waals surface area contributed by atoms with Gasteiger partial charge in [-0.15, -0.1) is 0 Å². The normalized spacial score (nSPS) is 11.1. The van der Waals surface area contributed by atoms with Crippen molar-refractivity contribution in [2.75, 3.05) is 5.73 Å². The molecule has 0 spiro atoms. The number of nitrogen functional groups attached to an aromatic ring is 1. The van der Waals surface area contributed by atoms with E-state index in [-0.39, 0.29) is 16.1 Å². The summed E-state index contributed by atoms with van der Waals surface area (Å²) in [4.78, 5) is 12.1. The first-order valence-electron chi connectivity index (χ1n) is 5.15. The van der Waals surface area contributed by atoms with Gasteiger partial charge in [0.25, 0.3) is 0 Å². The van der Waals surface area contributed by atoms with Crippen molar-refractivity contribution >= 4 is 40.9 Å². The van der Waals surface area contributed by atoms with E-state index in [9.17, 15) is 0 Å². The maximum atomic E-state index is 5.77. The molecule has 1 aromatic carbocycles. The first-order valence-corrected chi connectivity index (χ1v) is 5.91. The molecule has 6 heteroatoms. The molecule has 0 aliphatic rings. The molecule has 0 saturated carbocycles. The van der Waals surface area contributed by atoms with Crippen LogP contribution in [0.3, 0.4) is 0 Å². The summed E-state index contributed by atoms with van der Waals surface area (Å²) in [6.45, 7) is 2.01. The molecule has 0 aliphatic carbocycles. The fourth-order valence-corrected chi connectivity index (χ4v) is 1.55. The van der Waals surface area contributed by atoms with Gasteiger partial charge in [0, 0.05) is 0 Å². The summed E-state index contributed by atoms with van der Waals surface area (Å²) in [6, 6.07) is 7.73. The average molecular weight is 281 g/mol. The summed E-state index contributed by atoms with van der Waals surface area (Å²) in [6.07, 6.45) is 1.51. The van der Waals surface area contributed by atoms with E-state index in [2.05, 4.69) is 15.0 Å². The van der Waals surface area contributed by atoms with E-state index in [4.69, 9.17) is 28.9 Å². The molecule has 0 amide bonds. The monoisotopic (exact) mass is 280 g/mol. The maximum absolute atomic E-state index is 5.77. The van der Waals surface area contributed by atoms with Gasteiger partial charge in [0.15, 0.2) is 16.1 Å². The number of aromatic nitrogens is 2. The van der Waals surface area contributed by atoms with E-state index < -0.39 is 0 Å². The van der Waals surface area contributed by atoms with Crippen molar-refractivity contribution in [3.63, 3.8) is 0 Å². The summed E-state index contributed by atoms with van der Waals surface area (Å²) in [5.41, 5.74) is 8.03. The topological polar surface area (TPSA) is 64.2 Å². The van der Waals surface area contributed by atoms with Gasteiger partial charge in [-0.25, -0.2) is 9.97 Å². The SMILES string of the molecule is Cc1ccc(N=Cc2nc(Cl)c(Cl)nc2N)cc1. The molecule has 1 heterocycles. The molecule has 2 N–H and O–H groups in total. The Labute approximate surface area is 114 Å². The highest BCUT2D eigenvalue weighted by atomic mass is 35.5. The third-order valence-corrected chi connectivity index (χ3v) is 2.86. The van der Waals surface area contributed by atoms with E-state index in [0.29, 0.717) is 5.69 Å². The van der Waals surface area contributed by atoms with Crippen LogP contribution in [-0.4, -0.2) is 16.2 Å². The van der Waals surface area contributed by atoms with Gasteiger partial charge in [0.05, 0.1) is 11.9 Å². The van der Waals surface area contributed by atoms with Crippen LogP contribution in [0.5, 0.6) is 0 Å². The molecule has 0 saturated heterocycles. The predicted octanol–water partition coefficient (Wildman–Crippen LogP) is 3.42. The highest BCUT2D eigenvalue weighted by Crippen LogP contribution is 2.20. The summed E-state index contributed by atoms with van der Waals surface area (Å²) in [5, 5.41) is 0.192. The van der Waals surface area contributed by atoms with Crippen molar-refractivity contribution in [2.24, 2.45) is 4.99 Å². The smallest absolute Gasteiger partial charge is 0.168 e. The quantitative estimate of drug-likeness (QED) is 0.858. The number of hydrogen-bond donors (Lipinski definition) is 1. The minimum Gasteiger partial charge on any atom is -0.382 e. The van der Waals surface area contributed by atoms with Crippen LogP contribution in [0, 0.1) is 6.92 Å². The molecule has 18 heavy (non-hydrogen) atoms. The van der Waals surface area contributed by atoms with Crippen molar-refractivity contribution in [3.8, 4) is 0 Å². The number of hydrogen-bond acceptors (Lipinski definition) is 4. The number of halogens is 2. The maximum Gasteiger partial charge on any atom is 0.168 e. The highest BCUT2D eigenvalue weighted by Gasteiger charge is 2.06. The molecule has 4 nitrogen and oxygen atoms in total. The van der Waals surface area contributed by atoms with Crippen LogP contribution in [0.2, 0.25) is 10.3 Å². The molecule has 1 aromatic heterocycles. The highest BCUT2D eigenvalue weighted by molar-refractivity contribution is 6.40. The van der Waals surface area contributed by atoms with E-state index in [1.807, 2.05) is 31.2 Å². The van der Waals surface area contributed by atoms with Crippen LogP contribution in [0.25, 0.3) is 0 Å². The molecule has 0 fully saturated rings. The van der Waals surface area contributed by atoms with Crippen molar-refractivity contribution in [2.45, 2.75) is 6.92 Å². The first-order chi connectivity index (χ1) is 8.56. The zero-order valence-corrected chi connectivity index (χ0v) is 11.1. The molecule has 2 aromatic rings. The van der Waals surface area contributed by atoms with Gasteiger partial charge in [-0.2, -0.15) is 0 Å². The zero-order chi connectivity index (χ0) is 13.1. The van der Waals surface area contributed by atoms with Crippen molar-refractivity contribution in [1.29, 1.82) is 0 Å². The van der Waals surface area contributed by atoms with E-state index >= 15 is 0 Å². The van der Waals surface area contributed by atoms with E-state index in [0.717, 1.165) is 5.69 Å². The summed E-state index contributed by atoms with van der Waals surface area (Å²) < 4.78 is 0. The molecule has 0 bridgehead atoms. The van der Waals surface area contributed by atoms with Gasteiger partial charge in [0.1, 0.15) is 5.69 Å². The Morgan fingerprint density at radius 2 is 1.72 bits per heavy atom. The van der Waals surface area contributed by atoms with Gasteiger partial charge in [-0.1, -0.05) is 40.9 Å². The lowest BCUT2D eigenvalue weighted by atomic mass is 10.2. The Morgan fingerprint density at radius 3 is 2.39 bits per heavy atom.